The summed E-state index contributed by atoms with van der Waals surface area (Å²) in [6.45, 7) is 3.35. The van der Waals surface area contributed by atoms with Gasteiger partial charge in [0.1, 0.15) is 6.04 Å². The summed E-state index contributed by atoms with van der Waals surface area (Å²) in [5.41, 5.74) is 7.14. The predicted molar refractivity (Wildman–Crippen MR) is 67.9 cm³/mol. The van der Waals surface area contributed by atoms with Gasteiger partial charge in [-0.2, -0.15) is 0 Å². The molecule has 1 aliphatic heterocycles. The average molecular weight is 249 g/mol. The van der Waals surface area contributed by atoms with E-state index in [0.29, 0.717) is 6.54 Å². The van der Waals surface area contributed by atoms with Gasteiger partial charge in [-0.3, -0.25) is 15.1 Å². The number of carbonyl (C=O) groups excluding carboxylic acids is 1. The normalized spacial score (nSPS) is 20.8. The summed E-state index contributed by atoms with van der Waals surface area (Å²) >= 11 is 0. The van der Waals surface area contributed by atoms with Crippen molar-refractivity contribution in [2.45, 2.75) is 31.9 Å². The molecule has 18 heavy (non-hydrogen) atoms. The van der Waals surface area contributed by atoms with E-state index in [1.165, 1.54) is 0 Å². The minimum Gasteiger partial charge on any atom is -0.377 e. The van der Waals surface area contributed by atoms with Crippen LogP contribution in [-0.4, -0.2) is 30.1 Å². The Kier molecular flexibility index (Phi) is 4.28. The van der Waals surface area contributed by atoms with Gasteiger partial charge in [0.2, 0.25) is 5.91 Å². The zero-order chi connectivity index (χ0) is 13.0. The van der Waals surface area contributed by atoms with Gasteiger partial charge in [0.15, 0.2) is 0 Å². The molecule has 1 fully saturated rings. The van der Waals surface area contributed by atoms with E-state index in [-0.39, 0.29) is 6.10 Å². The minimum atomic E-state index is -0.498. The van der Waals surface area contributed by atoms with Gasteiger partial charge in [0, 0.05) is 25.0 Å². The first-order valence-corrected chi connectivity index (χ1v) is 6.23. The fourth-order valence-corrected chi connectivity index (χ4v) is 2.09. The molecule has 2 rings (SSSR count). The Bertz CT molecular complexity index is 399. The third-order valence-corrected chi connectivity index (χ3v) is 3.13. The zero-order valence-corrected chi connectivity index (χ0v) is 10.6. The Labute approximate surface area is 107 Å². The van der Waals surface area contributed by atoms with Gasteiger partial charge in [0.05, 0.1) is 6.10 Å². The highest BCUT2D eigenvalue weighted by Crippen LogP contribution is 2.15. The third kappa shape index (κ3) is 3.27. The maximum Gasteiger partial charge on any atom is 0.239 e. The molecule has 1 aromatic heterocycles. The van der Waals surface area contributed by atoms with Crippen molar-refractivity contribution in [1.82, 2.24) is 10.3 Å². The Morgan fingerprint density at radius 3 is 3.06 bits per heavy atom. The number of aromatic nitrogens is 1. The van der Waals surface area contributed by atoms with Crippen molar-refractivity contribution in [3.05, 3.63) is 29.6 Å². The number of amides is 1. The van der Waals surface area contributed by atoms with Crippen molar-refractivity contribution in [1.29, 1.82) is 0 Å². The van der Waals surface area contributed by atoms with E-state index in [2.05, 4.69) is 10.3 Å². The highest BCUT2D eigenvalue weighted by molar-refractivity contribution is 5.81. The molecule has 0 aromatic carbocycles. The van der Waals surface area contributed by atoms with Crippen LogP contribution in [0.25, 0.3) is 0 Å². The lowest BCUT2D eigenvalue weighted by Gasteiger charge is -2.18. The largest absolute Gasteiger partial charge is 0.377 e. The van der Waals surface area contributed by atoms with E-state index in [4.69, 9.17) is 10.5 Å². The van der Waals surface area contributed by atoms with Crippen LogP contribution in [0.1, 0.15) is 30.1 Å². The number of nitrogens with one attached hydrogen (secondary N) is 1. The second-order valence-electron chi connectivity index (χ2n) is 4.61. The number of aryl methyl sites for hydroxylation is 1. The van der Waals surface area contributed by atoms with Crippen LogP contribution in [-0.2, 0) is 9.53 Å². The molecular weight excluding hydrogens is 230 g/mol. The van der Waals surface area contributed by atoms with E-state index < -0.39 is 11.9 Å². The van der Waals surface area contributed by atoms with Gasteiger partial charge >= 0.3 is 0 Å². The molecule has 98 valence electrons. The number of rotatable bonds is 5. The highest BCUT2D eigenvalue weighted by atomic mass is 16.5. The SMILES string of the molecule is Cc1ccc(C(NCC2CCCO2)C(N)=O)cn1. The van der Waals surface area contributed by atoms with E-state index in [0.717, 1.165) is 30.7 Å². The summed E-state index contributed by atoms with van der Waals surface area (Å²) in [5.74, 6) is -0.390. The van der Waals surface area contributed by atoms with Crippen molar-refractivity contribution >= 4 is 5.91 Å². The molecule has 0 radical (unpaired) electrons. The summed E-state index contributed by atoms with van der Waals surface area (Å²) in [6.07, 6.45) is 3.99. The number of pyridine rings is 1. The van der Waals surface area contributed by atoms with Gasteiger partial charge < -0.3 is 10.5 Å². The maximum atomic E-state index is 11.5. The van der Waals surface area contributed by atoms with Gasteiger partial charge in [0.25, 0.3) is 0 Å². The van der Waals surface area contributed by atoms with Crippen LogP contribution in [0.3, 0.4) is 0 Å². The molecule has 5 heteroatoms. The number of nitrogens with zero attached hydrogens (tertiary/aromatic N) is 1. The molecule has 0 aliphatic carbocycles. The fraction of sp³-hybridized carbons (Fsp3) is 0.538. The molecule has 0 saturated carbocycles. The molecule has 2 heterocycles. The summed E-state index contributed by atoms with van der Waals surface area (Å²) in [6, 6.07) is 3.25. The van der Waals surface area contributed by atoms with Crippen LogP contribution in [0.5, 0.6) is 0 Å². The van der Waals surface area contributed by atoms with Gasteiger partial charge in [-0.25, -0.2) is 0 Å². The van der Waals surface area contributed by atoms with Crippen LogP contribution in [0.4, 0.5) is 0 Å². The van der Waals surface area contributed by atoms with Crippen LogP contribution in [0.2, 0.25) is 0 Å². The van der Waals surface area contributed by atoms with Crippen LogP contribution in [0.15, 0.2) is 18.3 Å². The predicted octanol–water partition coefficient (Wildman–Crippen LogP) is 0.685. The summed E-state index contributed by atoms with van der Waals surface area (Å²) in [5, 5.41) is 3.16. The zero-order valence-electron chi connectivity index (χ0n) is 10.6. The quantitative estimate of drug-likeness (QED) is 0.804. The van der Waals surface area contributed by atoms with Crippen molar-refractivity contribution in [3.8, 4) is 0 Å². The van der Waals surface area contributed by atoms with Crippen molar-refractivity contribution < 1.29 is 9.53 Å². The number of ether oxygens (including phenoxy) is 1. The minimum absolute atomic E-state index is 0.185. The summed E-state index contributed by atoms with van der Waals surface area (Å²) in [7, 11) is 0. The summed E-state index contributed by atoms with van der Waals surface area (Å²) < 4.78 is 5.51. The first-order chi connectivity index (χ1) is 8.66. The molecule has 5 nitrogen and oxygen atoms in total. The molecule has 2 unspecified atom stereocenters. The molecule has 1 saturated heterocycles. The Morgan fingerprint density at radius 2 is 2.50 bits per heavy atom. The summed E-state index contributed by atoms with van der Waals surface area (Å²) in [4.78, 5) is 15.7. The fourth-order valence-electron chi connectivity index (χ4n) is 2.09. The highest BCUT2D eigenvalue weighted by Gasteiger charge is 2.21. The Balaban J connectivity index is 1.99. The van der Waals surface area contributed by atoms with Crippen LogP contribution >= 0.6 is 0 Å². The lowest BCUT2D eigenvalue weighted by atomic mass is 10.1. The number of hydrogen-bond acceptors (Lipinski definition) is 4. The first kappa shape index (κ1) is 13.0. The van der Waals surface area contributed by atoms with Crippen LogP contribution in [0, 0.1) is 6.92 Å². The molecule has 1 amide bonds. The van der Waals surface area contributed by atoms with Crippen molar-refractivity contribution in [3.63, 3.8) is 0 Å². The lowest BCUT2D eigenvalue weighted by Crippen LogP contribution is -2.37. The second kappa shape index (κ2) is 5.93. The Hall–Kier alpha value is -1.46. The topological polar surface area (TPSA) is 77.2 Å². The molecule has 3 N–H and O–H groups in total. The number of carbonyl (C=O) groups is 1. The molecule has 1 aromatic rings. The standard InChI is InChI=1S/C13H19N3O2/c1-9-4-5-10(7-15-9)12(13(14)17)16-8-11-3-2-6-18-11/h4-5,7,11-12,16H,2-3,6,8H2,1H3,(H2,14,17). The molecule has 0 spiro atoms. The van der Waals surface area contributed by atoms with Crippen LogP contribution < -0.4 is 11.1 Å². The van der Waals surface area contributed by atoms with E-state index in [1.807, 2.05) is 19.1 Å². The van der Waals surface area contributed by atoms with Crippen molar-refractivity contribution in [2.24, 2.45) is 5.73 Å². The van der Waals surface area contributed by atoms with Crippen molar-refractivity contribution in [2.75, 3.05) is 13.2 Å². The van der Waals surface area contributed by atoms with E-state index >= 15 is 0 Å². The maximum absolute atomic E-state index is 11.5. The number of hydrogen-bond donors (Lipinski definition) is 2. The smallest absolute Gasteiger partial charge is 0.239 e. The number of primary amides is 1. The first-order valence-electron chi connectivity index (χ1n) is 6.23. The van der Waals surface area contributed by atoms with Gasteiger partial charge in [-0.05, 0) is 31.4 Å². The Morgan fingerprint density at radius 1 is 1.67 bits per heavy atom. The third-order valence-electron chi connectivity index (χ3n) is 3.13. The number of nitrogens with two attached hydrogens (primary N) is 1. The van der Waals surface area contributed by atoms with E-state index in [9.17, 15) is 4.79 Å². The monoisotopic (exact) mass is 249 g/mol. The molecule has 2 atom stereocenters. The molecular formula is C13H19N3O2. The van der Waals surface area contributed by atoms with E-state index in [1.54, 1.807) is 6.20 Å². The lowest BCUT2D eigenvalue weighted by molar-refractivity contribution is -0.120. The molecule has 0 bridgehead atoms. The van der Waals surface area contributed by atoms with Gasteiger partial charge in [-0.1, -0.05) is 6.07 Å². The van der Waals surface area contributed by atoms with Gasteiger partial charge in [-0.15, -0.1) is 0 Å². The average Bonchev–Trinajstić information content (AvgIpc) is 2.84. The molecule has 1 aliphatic rings. The second-order valence-corrected chi connectivity index (χ2v) is 4.61.